The lowest BCUT2D eigenvalue weighted by molar-refractivity contribution is 0.475. The van der Waals surface area contributed by atoms with E-state index in [-0.39, 0.29) is 11.3 Å². The number of rotatable bonds is 6. The van der Waals surface area contributed by atoms with Crippen LogP contribution in [0, 0.1) is 0 Å². The van der Waals surface area contributed by atoms with Crippen molar-refractivity contribution in [1.29, 1.82) is 0 Å². The molecule has 0 spiro atoms. The normalized spacial score (nSPS) is 11.2. The first kappa shape index (κ1) is 19.3. The highest BCUT2D eigenvalue weighted by Gasteiger charge is 2.15. The van der Waals surface area contributed by atoms with E-state index < -0.39 is 0 Å². The van der Waals surface area contributed by atoms with E-state index in [0.29, 0.717) is 16.5 Å². The first-order valence-corrected chi connectivity index (χ1v) is 10.1. The van der Waals surface area contributed by atoms with Gasteiger partial charge in [0.25, 0.3) is 5.56 Å². The monoisotopic (exact) mass is 407 g/mol. The average Bonchev–Trinajstić information content (AvgIpc) is 3.08. The van der Waals surface area contributed by atoms with E-state index in [2.05, 4.69) is 11.5 Å². The topological polar surface area (TPSA) is 59.5 Å². The van der Waals surface area contributed by atoms with Gasteiger partial charge in [-0.1, -0.05) is 55.6 Å². The number of phenolic OH excluding ortho intramolecular Hbond substituents is 1. The Bertz CT molecular complexity index is 1210. The molecule has 0 bridgehead atoms. The van der Waals surface area contributed by atoms with Gasteiger partial charge in [0.2, 0.25) is 5.78 Å². The lowest BCUT2D eigenvalue weighted by Gasteiger charge is -2.10. The molecule has 2 aromatic carbocycles. The first-order chi connectivity index (χ1) is 14.1. The fourth-order valence-electron chi connectivity index (χ4n) is 3.49. The zero-order valence-electron chi connectivity index (χ0n) is 16.2. The molecule has 148 valence electrons. The number of hydrogen-bond acceptors (Lipinski definition) is 3. The summed E-state index contributed by atoms with van der Waals surface area (Å²) in [5, 5.41) is 10.6. The molecule has 0 radical (unpaired) electrons. The van der Waals surface area contributed by atoms with E-state index in [1.807, 2.05) is 18.2 Å². The van der Waals surface area contributed by atoms with Crippen LogP contribution in [0.1, 0.15) is 26.2 Å². The smallest absolute Gasteiger partial charge is 0.259 e. The minimum Gasteiger partial charge on any atom is -0.508 e. The second kappa shape index (κ2) is 8.13. The fourth-order valence-corrected chi connectivity index (χ4v) is 3.62. The number of nitrogens with zero attached hydrogens (tertiary/aromatic N) is 3. The Labute approximate surface area is 173 Å². The van der Waals surface area contributed by atoms with Gasteiger partial charge in [0.15, 0.2) is 0 Å². The van der Waals surface area contributed by atoms with Crippen molar-refractivity contribution >= 4 is 17.4 Å². The Kier molecular flexibility index (Phi) is 5.41. The number of aromatic nitrogens is 3. The Morgan fingerprint density at radius 3 is 2.55 bits per heavy atom. The molecule has 5 nitrogen and oxygen atoms in total. The second-order valence-corrected chi connectivity index (χ2v) is 7.52. The molecule has 4 rings (SSSR count). The Balaban J connectivity index is 1.91. The summed E-state index contributed by atoms with van der Waals surface area (Å²) >= 11 is 5.99. The molecule has 4 aromatic rings. The highest BCUT2D eigenvalue weighted by atomic mass is 35.5. The maximum atomic E-state index is 12.9. The number of unbranched alkanes of at least 4 members (excludes halogenated alkanes) is 2. The van der Waals surface area contributed by atoms with E-state index in [1.165, 1.54) is 0 Å². The van der Waals surface area contributed by atoms with Crippen molar-refractivity contribution in [2.45, 2.75) is 32.7 Å². The third kappa shape index (κ3) is 3.91. The van der Waals surface area contributed by atoms with Crippen LogP contribution in [0.15, 0.2) is 65.6 Å². The summed E-state index contributed by atoms with van der Waals surface area (Å²) < 4.78 is 3.63. The SMILES string of the molecule is CCCCCn1c(-c2cccc(O)c2)cn2c(=O)cc(-c3ccc(Cl)cc3)nc12. The number of hydrogen-bond donors (Lipinski definition) is 1. The third-order valence-corrected chi connectivity index (χ3v) is 5.24. The van der Waals surface area contributed by atoms with Gasteiger partial charge in [-0.25, -0.2) is 4.98 Å². The van der Waals surface area contributed by atoms with Gasteiger partial charge in [0.05, 0.1) is 11.4 Å². The van der Waals surface area contributed by atoms with Gasteiger partial charge in [0.1, 0.15) is 5.75 Å². The van der Waals surface area contributed by atoms with Crippen LogP contribution in [0.25, 0.3) is 28.3 Å². The van der Waals surface area contributed by atoms with Gasteiger partial charge in [-0.3, -0.25) is 9.20 Å². The molecule has 0 atom stereocenters. The summed E-state index contributed by atoms with van der Waals surface area (Å²) in [5.74, 6) is 0.784. The summed E-state index contributed by atoms with van der Waals surface area (Å²) in [5.41, 5.74) is 3.02. The van der Waals surface area contributed by atoms with Crippen LogP contribution in [0.5, 0.6) is 5.75 Å². The van der Waals surface area contributed by atoms with E-state index in [9.17, 15) is 9.90 Å². The first-order valence-electron chi connectivity index (χ1n) is 9.75. The van der Waals surface area contributed by atoms with Gasteiger partial charge >= 0.3 is 0 Å². The predicted octanol–water partition coefficient (Wildman–Crippen LogP) is 5.38. The highest BCUT2D eigenvalue weighted by molar-refractivity contribution is 6.30. The number of fused-ring (bicyclic) bond motifs is 1. The van der Waals surface area contributed by atoms with Crippen LogP contribution >= 0.6 is 11.6 Å². The van der Waals surface area contributed by atoms with Crippen molar-refractivity contribution in [2.24, 2.45) is 0 Å². The van der Waals surface area contributed by atoms with Crippen molar-refractivity contribution < 1.29 is 5.11 Å². The van der Waals surface area contributed by atoms with Crippen molar-refractivity contribution in [3.8, 4) is 28.3 Å². The molecular weight excluding hydrogens is 386 g/mol. The second-order valence-electron chi connectivity index (χ2n) is 7.08. The summed E-state index contributed by atoms with van der Waals surface area (Å²) in [6.07, 6.45) is 4.97. The molecule has 1 N–H and O–H groups in total. The lowest BCUT2D eigenvalue weighted by Crippen LogP contribution is -2.14. The summed E-state index contributed by atoms with van der Waals surface area (Å²) in [7, 11) is 0. The number of aromatic hydroxyl groups is 1. The van der Waals surface area contributed by atoms with Crippen molar-refractivity contribution in [1.82, 2.24) is 14.0 Å². The lowest BCUT2D eigenvalue weighted by atomic mass is 10.1. The van der Waals surface area contributed by atoms with E-state index in [4.69, 9.17) is 16.6 Å². The van der Waals surface area contributed by atoms with Crippen LogP contribution in [0.4, 0.5) is 0 Å². The molecule has 0 saturated heterocycles. The highest BCUT2D eigenvalue weighted by Crippen LogP contribution is 2.27. The molecular formula is C23H22ClN3O2. The molecule has 6 heteroatoms. The van der Waals surface area contributed by atoms with Crippen molar-refractivity contribution in [3.05, 3.63) is 76.2 Å². The third-order valence-electron chi connectivity index (χ3n) is 4.98. The molecule has 0 saturated carbocycles. The maximum Gasteiger partial charge on any atom is 0.259 e. The molecule has 0 fully saturated rings. The standard InChI is InChI=1S/C23H22ClN3O2/c1-2-3-4-12-26-21(17-6-5-7-19(28)13-17)15-27-22(29)14-20(25-23(26)27)16-8-10-18(24)11-9-16/h5-11,13-15,28H,2-4,12H2,1H3. The van der Waals surface area contributed by atoms with Crippen molar-refractivity contribution in [3.63, 3.8) is 0 Å². The van der Waals surface area contributed by atoms with Gasteiger partial charge in [0, 0.05) is 35.0 Å². The number of phenols is 1. The van der Waals surface area contributed by atoms with Crippen LogP contribution in [-0.4, -0.2) is 19.1 Å². The number of aryl methyl sites for hydroxylation is 1. The predicted molar refractivity (Wildman–Crippen MR) is 117 cm³/mol. The van der Waals surface area contributed by atoms with Crippen LogP contribution in [0.3, 0.4) is 0 Å². The Hall–Kier alpha value is -3.05. The Morgan fingerprint density at radius 2 is 1.83 bits per heavy atom. The summed E-state index contributed by atoms with van der Waals surface area (Å²) in [6, 6.07) is 15.9. The van der Waals surface area contributed by atoms with Crippen LogP contribution in [-0.2, 0) is 6.54 Å². The molecule has 29 heavy (non-hydrogen) atoms. The van der Waals surface area contributed by atoms with Crippen molar-refractivity contribution in [2.75, 3.05) is 0 Å². The number of imidazole rings is 1. The average molecular weight is 408 g/mol. The molecule has 0 amide bonds. The van der Waals surface area contributed by atoms with Crippen LogP contribution < -0.4 is 5.56 Å². The van der Waals surface area contributed by atoms with Gasteiger partial charge in [-0.15, -0.1) is 0 Å². The largest absolute Gasteiger partial charge is 0.508 e. The Morgan fingerprint density at radius 1 is 1.03 bits per heavy atom. The summed E-state index contributed by atoms with van der Waals surface area (Å²) in [4.78, 5) is 17.7. The molecule has 0 aliphatic heterocycles. The molecule has 0 aliphatic rings. The molecule has 0 unspecified atom stereocenters. The maximum absolute atomic E-state index is 12.9. The zero-order valence-corrected chi connectivity index (χ0v) is 16.9. The zero-order chi connectivity index (χ0) is 20.4. The van der Waals surface area contributed by atoms with E-state index >= 15 is 0 Å². The molecule has 2 aromatic heterocycles. The number of halogens is 1. The summed E-state index contributed by atoms with van der Waals surface area (Å²) in [6.45, 7) is 2.90. The molecule has 2 heterocycles. The number of benzene rings is 2. The molecule has 0 aliphatic carbocycles. The fraction of sp³-hybridized carbons (Fsp3) is 0.217. The minimum atomic E-state index is -0.143. The van der Waals surface area contributed by atoms with E-state index in [0.717, 1.165) is 42.6 Å². The van der Waals surface area contributed by atoms with Gasteiger partial charge in [-0.2, -0.15) is 0 Å². The van der Waals surface area contributed by atoms with Gasteiger partial charge < -0.3 is 9.67 Å². The van der Waals surface area contributed by atoms with Crippen LogP contribution in [0.2, 0.25) is 5.02 Å². The van der Waals surface area contributed by atoms with Gasteiger partial charge in [-0.05, 0) is 30.7 Å². The van der Waals surface area contributed by atoms with E-state index in [1.54, 1.807) is 47.0 Å². The minimum absolute atomic E-state index is 0.143. The quantitative estimate of drug-likeness (QED) is 0.436.